The van der Waals surface area contributed by atoms with Crippen molar-refractivity contribution in [3.05, 3.63) is 65.3 Å². The van der Waals surface area contributed by atoms with Crippen LogP contribution in [0.15, 0.2) is 48.6 Å². The predicted molar refractivity (Wildman–Crippen MR) is 96.4 cm³/mol. The van der Waals surface area contributed by atoms with Crippen LogP contribution < -0.4 is 0 Å². The van der Waals surface area contributed by atoms with E-state index < -0.39 is 16.4 Å². The third-order valence-corrected chi connectivity index (χ3v) is 29.3. The van der Waals surface area contributed by atoms with E-state index >= 15 is 0 Å². The molecule has 1 unspecified atom stereocenters. The van der Waals surface area contributed by atoms with E-state index in [-0.39, 0.29) is 6.75 Å². The van der Waals surface area contributed by atoms with E-state index in [4.69, 9.17) is 17.0 Å². The van der Waals surface area contributed by atoms with Crippen LogP contribution in [0.1, 0.15) is 37.0 Å². The van der Waals surface area contributed by atoms with Crippen LogP contribution in [0, 0.1) is 6.92 Å². The van der Waals surface area contributed by atoms with Crippen molar-refractivity contribution in [1.82, 2.24) is 0 Å². The van der Waals surface area contributed by atoms with E-state index in [1.54, 1.807) is 0 Å². The van der Waals surface area contributed by atoms with Gasteiger partial charge in [-0.1, -0.05) is 0 Å². The van der Waals surface area contributed by atoms with Crippen LogP contribution >= 0.6 is 17.0 Å². The van der Waals surface area contributed by atoms with Crippen LogP contribution in [-0.4, -0.2) is 0 Å². The standard InChI is InChI=1S/C11H11.C5H5.C3H7.2ClH.Zr/c1-8-3-6-11-9(2)4-5-10(11)7-8;1-2-4-5-3-1;1-3-2;;;/h3-7H,1-2H3;1-5H;1,3H2,2H3;2*1H;/q;;;;;+2/p-2. The molecule has 0 saturated carbocycles. The molecule has 2 aliphatic carbocycles. The summed E-state index contributed by atoms with van der Waals surface area (Å²) in [6, 6.07) is 6.66. The number of hydrogen-bond acceptors (Lipinski definition) is 0. The summed E-state index contributed by atoms with van der Waals surface area (Å²) in [5.41, 5.74) is 3.88. The van der Waals surface area contributed by atoms with Gasteiger partial charge in [0, 0.05) is 0 Å². The molecule has 0 heterocycles. The molecule has 117 valence electrons. The number of allylic oxidation sites excluding steroid dienone is 5. The summed E-state index contributed by atoms with van der Waals surface area (Å²) in [4.78, 5) is 0. The molecule has 0 aromatic heterocycles. The Morgan fingerprint density at radius 1 is 1.18 bits per heavy atom. The SMILES string of the molecule is CC[CH2][Zr]([Cl])([Cl])([CH]1C=CC=C1)[C]1(C)C=Cc2cc(C)ccc21. The van der Waals surface area contributed by atoms with E-state index in [9.17, 15) is 0 Å². The summed E-state index contributed by atoms with van der Waals surface area (Å²) < 4.78 is 0.942. The van der Waals surface area contributed by atoms with E-state index in [1.165, 1.54) is 16.7 Å². The summed E-state index contributed by atoms with van der Waals surface area (Å²) in [6.45, 7) is 6.59. The van der Waals surface area contributed by atoms with Crippen LogP contribution in [0.4, 0.5) is 0 Å². The van der Waals surface area contributed by atoms with Gasteiger partial charge >= 0.3 is 143 Å². The summed E-state index contributed by atoms with van der Waals surface area (Å²) in [6.07, 6.45) is 14.2. The number of halogens is 2. The minimum absolute atomic E-state index is 0.214. The number of hydrogen-bond donors (Lipinski definition) is 0. The Bertz CT molecular complexity index is 687. The molecule has 0 N–H and O–H groups in total. The van der Waals surface area contributed by atoms with Crippen molar-refractivity contribution < 1.29 is 16.4 Å². The van der Waals surface area contributed by atoms with Crippen LogP contribution in [0.2, 0.25) is 7.75 Å². The molecular formula is C19H23Cl2Zr. The molecule has 2 aliphatic rings. The fraction of sp³-hybridized carbons (Fsp3) is 0.368. The third kappa shape index (κ3) is 2.20. The monoisotopic (exact) mass is 411 g/mol. The van der Waals surface area contributed by atoms with Crippen molar-refractivity contribution in [1.29, 1.82) is 0 Å². The number of benzene rings is 1. The quantitative estimate of drug-likeness (QED) is 0.500. The Hall–Kier alpha value is -0.0969. The van der Waals surface area contributed by atoms with Crippen molar-refractivity contribution in [2.75, 3.05) is 0 Å². The summed E-state index contributed by atoms with van der Waals surface area (Å²) >= 11 is -4.17. The molecule has 3 heteroatoms. The molecule has 1 atom stereocenters. The topological polar surface area (TPSA) is 0 Å². The molecule has 22 heavy (non-hydrogen) atoms. The predicted octanol–water partition coefficient (Wildman–Crippen LogP) is 6.98. The van der Waals surface area contributed by atoms with Crippen LogP contribution in [0.5, 0.6) is 0 Å². The van der Waals surface area contributed by atoms with Gasteiger partial charge in [-0.3, -0.25) is 0 Å². The first-order valence-corrected chi connectivity index (χ1v) is 18.8. The average Bonchev–Trinajstić information content (AvgIpc) is 3.09. The number of rotatable bonds is 4. The second-order valence-electron chi connectivity index (χ2n) is 6.94. The molecule has 0 radical (unpaired) electrons. The van der Waals surface area contributed by atoms with Gasteiger partial charge < -0.3 is 0 Å². The molecule has 1 aromatic rings. The molecule has 0 aliphatic heterocycles. The van der Waals surface area contributed by atoms with Crippen molar-refractivity contribution in [2.24, 2.45) is 0 Å². The Morgan fingerprint density at radius 3 is 2.50 bits per heavy atom. The molecular weight excluding hydrogens is 390 g/mol. The van der Waals surface area contributed by atoms with Gasteiger partial charge in [0.15, 0.2) is 0 Å². The summed E-state index contributed by atoms with van der Waals surface area (Å²) in [5.74, 6) is 0. The minimum atomic E-state index is -4.17. The van der Waals surface area contributed by atoms with E-state index in [0.29, 0.717) is 0 Å². The molecule has 0 bridgehead atoms. The van der Waals surface area contributed by atoms with Gasteiger partial charge in [-0.2, -0.15) is 0 Å². The van der Waals surface area contributed by atoms with Gasteiger partial charge in [0.05, 0.1) is 0 Å². The number of fused-ring (bicyclic) bond motifs is 1. The van der Waals surface area contributed by atoms with Crippen LogP contribution in [0.3, 0.4) is 0 Å². The molecule has 0 amide bonds. The Kier molecular flexibility index (Phi) is 4.17. The van der Waals surface area contributed by atoms with Gasteiger partial charge in [0.1, 0.15) is 0 Å². The molecule has 0 nitrogen and oxygen atoms in total. The Morgan fingerprint density at radius 2 is 1.86 bits per heavy atom. The second kappa shape index (κ2) is 5.47. The second-order valence-corrected chi connectivity index (χ2v) is 30.0. The van der Waals surface area contributed by atoms with Gasteiger partial charge in [0.2, 0.25) is 0 Å². The zero-order chi connectivity index (χ0) is 16.0. The zero-order valence-electron chi connectivity index (χ0n) is 13.4. The van der Waals surface area contributed by atoms with Gasteiger partial charge in [-0.15, -0.1) is 0 Å². The van der Waals surface area contributed by atoms with Gasteiger partial charge in [-0.05, 0) is 0 Å². The zero-order valence-corrected chi connectivity index (χ0v) is 17.4. The van der Waals surface area contributed by atoms with Crippen molar-refractivity contribution in [3.8, 4) is 0 Å². The third-order valence-electron chi connectivity index (χ3n) is 5.53. The van der Waals surface area contributed by atoms with E-state index in [2.05, 4.69) is 75.4 Å². The summed E-state index contributed by atoms with van der Waals surface area (Å²) in [5, 5.41) is 0. The Balaban J connectivity index is 2.21. The van der Waals surface area contributed by atoms with Crippen molar-refractivity contribution in [3.63, 3.8) is 0 Å². The fourth-order valence-corrected chi connectivity index (χ4v) is 21.4. The average molecular weight is 414 g/mol. The molecule has 0 spiro atoms. The Labute approximate surface area is 142 Å². The first kappa shape index (κ1) is 16.8. The van der Waals surface area contributed by atoms with E-state index in [1.807, 2.05) is 0 Å². The maximum atomic E-state index is 7.54. The number of aryl methyl sites for hydroxylation is 1. The van der Waals surface area contributed by atoms with E-state index in [0.717, 1.165) is 10.5 Å². The first-order chi connectivity index (χ1) is 10.3. The first-order valence-electron chi connectivity index (χ1n) is 8.04. The van der Waals surface area contributed by atoms with Crippen molar-refractivity contribution >= 4 is 23.1 Å². The van der Waals surface area contributed by atoms with Crippen molar-refractivity contribution in [2.45, 2.75) is 38.1 Å². The fourth-order valence-electron chi connectivity index (χ4n) is 4.12. The molecule has 1 aromatic carbocycles. The van der Waals surface area contributed by atoms with Crippen LogP contribution in [0.25, 0.3) is 6.08 Å². The molecule has 3 rings (SSSR count). The van der Waals surface area contributed by atoms with Crippen LogP contribution in [-0.2, 0) is 19.5 Å². The molecule has 0 saturated heterocycles. The molecule has 0 fully saturated rings. The van der Waals surface area contributed by atoms with Gasteiger partial charge in [0.25, 0.3) is 0 Å². The van der Waals surface area contributed by atoms with Gasteiger partial charge in [-0.25, -0.2) is 0 Å². The normalized spacial score (nSPS) is 25.4. The maximum absolute atomic E-state index is 7.54. The summed E-state index contributed by atoms with van der Waals surface area (Å²) in [7, 11) is 15.1.